The summed E-state index contributed by atoms with van der Waals surface area (Å²) in [4.78, 5) is 0. The summed E-state index contributed by atoms with van der Waals surface area (Å²) in [5, 5.41) is 16.5. The van der Waals surface area contributed by atoms with Crippen molar-refractivity contribution in [2.45, 2.75) is 38.4 Å². The van der Waals surface area contributed by atoms with Crippen molar-refractivity contribution in [2.24, 2.45) is 0 Å². The lowest BCUT2D eigenvalue weighted by Crippen LogP contribution is -2.48. The number of nitrogens with one attached hydrogen (secondary N) is 1. The summed E-state index contributed by atoms with van der Waals surface area (Å²) in [7, 11) is 0. The normalized spacial score (nSPS) is 25.1. The molecule has 2 rings (SSSR count). The molecule has 1 aliphatic heterocycles. The number of nitrogens with zero attached hydrogens (tertiary/aromatic N) is 2. The van der Waals surface area contributed by atoms with Crippen LogP contribution in [-0.4, -0.2) is 40.2 Å². The molecule has 17 heavy (non-hydrogen) atoms. The van der Waals surface area contributed by atoms with Gasteiger partial charge in [0.25, 0.3) is 0 Å². The quantitative estimate of drug-likeness (QED) is 0.787. The van der Waals surface area contributed by atoms with Crippen LogP contribution in [0.5, 0.6) is 0 Å². The Balaban J connectivity index is 1.83. The molecule has 0 saturated carbocycles. The molecule has 0 amide bonds. The summed E-state index contributed by atoms with van der Waals surface area (Å²) >= 11 is 0. The van der Waals surface area contributed by atoms with Gasteiger partial charge in [0.1, 0.15) is 0 Å². The molecule has 1 atom stereocenters. The van der Waals surface area contributed by atoms with Gasteiger partial charge in [-0.25, -0.2) is 0 Å². The van der Waals surface area contributed by atoms with Crippen LogP contribution < -0.4 is 5.32 Å². The van der Waals surface area contributed by atoms with E-state index in [2.05, 4.69) is 17.3 Å². The van der Waals surface area contributed by atoms with Crippen molar-refractivity contribution in [2.75, 3.05) is 19.8 Å². The van der Waals surface area contributed by atoms with Crippen LogP contribution in [0.4, 0.5) is 0 Å². The van der Waals surface area contributed by atoms with Gasteiger partial charge in [-0.05, 0) is 19.8 Å². The Morgan fingerprint density at radius 3 is 3.24 bits per heavy atom. The predicted molar refractivity (Wildman–Crippen MR) is 64.6 cm³/mol. The van der Waals surface area contributed by atoms with Crippen molar-refractivity contribution < 1.29 is 9.84 Å². The van der Waals surface area contributed by atoms with Crippen LogP contribution in [0.15, 0.2) is 12.4 Å². The average molecular weight is 239 g/mol. The maximum Gasteiger partial charge on any atom is 0.0645 e. The van der Waals surface area contributed by atoms with E-state index in [0.717, 1.165) is 38.2 Å². The first-order valence-electron chi connectivity index (χ1n) is 6.17. The molecule has 1 fully saturated rings. The van der Waals surface area contributed by atoms with Crippen molar-refractivity contribution in [3.63, 3.8) is 0 Å². The molecule has 1 aromatic heterocycles. The first-order chi connectivity index (χ1) is 8.22. The van der Waals surface area contributed by atoms with Gasteiger partial charge in [-0.3, -0.25) is 4.68 Å². The lowest BCUT2D eigenvalue weighted by Gasteiger charge is -2.34. The zero-order valence-electron chi connectivity index (χ0n) is 10.4. The molecule has 5 heteroatoms. The monoisotopic (exact) mass is 239 g/mol. The van der Waals surface area contributed by atoms with Crippen LogP contribution in [0.1, 0.15) is 25.3 Å². The Hall–Kier alpha value is -0.910. The number of ether oxygens (including phenoxy) is 1. The molecule has 1 unspecified atom stereocenters. The molecular formula is C12H21N3O2. The van der Waals surface area contributed by atoms with Gasteiger partial charge in [-0.1, -0.05) is 0 Å². The van der Waals surface area contributed by atoms with Gasteiger partial charge in [0.05, 0.1) is 26.0 Å². The second kappa shape index (κ2) is 5.62. The number of aromatic nitrogens is 2. The lowest BCUT2D eigenvalue weighted by atomic mass is 9.95. The highest BCUT2D eigenvalue weighted by Crippen LogP contribution is 2.18. The third-order valence-electron chi connectivity index (χ3n) is 3.17. The lowest BCUT2D eigenvalue weighted by molar-refractivity contribution is 0.0278. The van der Waals surface area contributed by atoms with Crippen LogP contribution in [0.25, 0.3) is 0 Å². The Bertz CT molecular complexity index is 345. The first kappa shape index (κ1) is 12.5. The maximum atomic E-state index is 8.81. The van der Waals surface area contributed by atoms with Crippen LogP contribution in [0.2, 0.25) is 0 Å². The second-order valence-corrected chi connectivity index (χ2v) is 4.91. The van der Waals surface area contributed by atoms with E-state index in [1.165, 1.54) is 0 Å². The van der Waals surface area contributed by atoms with Crippen molar-refractivity contribution in [3.05, 3.63) is 18.0 Å². The number of hydrogen-bond acceptors (Lipinski definition) is 4. The van der Waals surface area contributed by atoms with Crippen LogP contribution in [0.3, 0.4) is 0 Å². The minimum atomic E-state index is 0.0807. The molecular weight excluding hydrogens is 218 g/mol. The number of aliphatic hydroxyl groups is 1. The largest absolute Gasteiger partial charge is 0.394 e. The van der Waals surface area contributed by atoms with Gasteiger partial charge in [-0.2, -0.15) is 5.10 Å². The zero-order valence-corrected chi connectivity index (χ0v) is 10.4. The van der Waals surface area contributed by atoms with Gasteiger partial charge in [0.2, 0.25) is 0 Å². The summed E-state index contributed by atoms with van der Waals surface area (Å²) in [6, 6.07) is 0. The molecule has 2 N–H and O–H groups in total. The molecule has 1 aliphatic rings. The standard InChI is InChI=1S/C12H21N3O2/c1-12(3-2-6-17-10-12)13-7-11-8-14-15(9-11)4-5-16/h8-9,13,16H,2-7,10H2,1H3. The van der Waals surface area contributed by atoms with Gasteiger partial charge in [-0.15, -0.1) is 0 Å². The summed E-state index contributed by atoms with van der Waals surface area (Å²) in [5.41, 5.74) is 1.22. The fourth-order valence-corrected chi connectivity index (χ4v) is 2.11. The third kappa shape index (κ3) is 3.52. The SMILES string of the molecule is CC1(NCc2cnn(CCO)c2)CCCOC1. The van der Waals surface area contributed by atoms with Crippen molar-refractivity contribution in [1.29, 1.82) is 0 Å². The highest BCUT2D eigenvalue weighted by atomic mass is 16.5. The van der Waals surface area contributed by atoms with Gasteiger partial charge >= 0.3 is 0 Å². The van der Waals surface area contributed by atoms with Crippen LogP contribution in [-0.2, 0) is 17.8 Å². The van der Waals surface area contributed by atoms with Crippen LogP contribution in [0, 0.1) is 0 Å². The van der Waals surface area contributed by atoms with E-state index in [9.17, 15) is 0 Å². The van der Waals surface area contributed by atoms with Gasteiger partial charge < -0.3 is 15.2 Å². The van der Waals surface area contributed by atoms with E-state index in [1.807, 2.05) is 12.4 Å². The third-order valence-corrected chi connectivity index (χ3v) is 3.17. The van der Waals surface area contributed by atoms with E-state index in [0.29, 0.717) is 6.54 Å². The van der Waals surface area contributed by atoms with E-state index >= 15 is 0 Å². The summed E-state index contributed by atoms with van der Waals surface area (Å²) < 4.78 is 7.26. The molecule has 96 valence electrons. The highest BCUT2D eigenvalue weighted by Gasteiger charge is 2.26. The highest BCUT2D eigenvalue weighted by molar-refractivity contribution is 5.04. The molecule has 0 aliphatic carbocycles. The minimum absolute atomic E-state index is 0.0807. The molecule has 2 heterocycles. The Kier molecular flexibility index (Phi) is 4.15. The predicted octanol–water partition coefficient (Wildman–Crippen LogP) is 0.534. The topological polar surface area (TPSA) is 59.3 Å². The Morgan fingerprint density at radius 1 is 1.65 bits per heavy atom. The maximum absolute atomic E-state index is 8.81. The summed E-state index contributed by atoms with van der Waals surface area (Å²) in [6.45, 7) is 5.33. The molecule has 1 saturated heterocycles. The fraction of sp³-hybridized carbons (Fsp3) is 0.750. The van der Waals surface area contributed by atoms with Crippen molar-refractivity contribution in [3.8, 4) is 0 Å². The number of hydrogen-bond donors (Lipinski definition) is 2. The molecule has 0 radical (unpaired) electrons. The second-order valence-electron chi connectivity index (χ2n) is 4.91. The van der Waals surface area contributed by atoms with E-state index < -0.39 is 0 Å². The molecule has 0 spiro atoms. The van der Waals surface area contributed by atoms with Gasteiger partial charge in [0.15, 0.2) is 0 Å². The fourth-order valence-electron chi connectivity index (χ4n) is 2.11. The van der Waals surface area contributed by atoms with E-state index in [4.69, 9.17) is 9.84 Å². The number of aliphatic hydroxyl groups excluding tert-OH is 1. The summed E-state index contributed by atoms with van der Waals surface area (Å²) in [6.07, 6.45) is 6.08. The zero-order chi connectivity index (χ0) is 12.1. The van der Waals surface area contributed by atoms with Crippen molar-refractivity contribution in [1.82, 2.24) is 15.1 Å². The average Bonchev–Trinajstić information content (AvgIpc) is 2.76. The Morgan fingerprint density at radius 2 is 2.53 bits per heavy atom. The molecule has 5 nitrogen and oxygen atoms in total. The van der Waals surface area contributed by atoms with Crippen molar-refractivity contribution >= 4 is 0 Å². The molecule has 0 bridgehead atoms. The molecule has 0 aromatic carbocycles. The van der Waals surface area contributed by atoms with Gasteiger partial charge in [0, 0.05) is 30.5 Å². The molecule has 1 aromatic rings. The van der Waals surface area contributed by atoms with E-state index in [1.54, 1.807) is 4.68 Å². The first-order valence-corrected chi connectivity index (χ1v) is 6.17. The Labute approximate surface area is 102 Å². The smallest absolute Gasteiger partial charge is 0.0645 e. The number of rotatable bonds is 5. The van der Waals surface area contributed by atoms with E-state index in [-0.39, 0.29) is 12.1 Å². The summed E-state index contributed by atoms with van der Waals surface area (Å²) in [5.74, 6) is 0. The minimum Gasteiger partial charge on any atom is -0.394 e. The van der Waals surface area contributed by atoms with Crippen LogP contribution >= 0.6 is 0 Å².